The molecule has 0 atom stereocenters. The van der Waals surface area contributed by atoms with E-state index in [1.54, 1.807) is 11.0 Å². The van der Waals surface area contributed by atoms with Crippen LogP contribution in [0.5, 0.6) is 0 Å². The van der Waals surface area contributed by atoms with Crippen molar-refractivity contribution in [2.75, 3.05) is 18.4 Å². The number of hydrogen-bond acceptors (Lipinski definition) is 3. The summed E-state index contributed by atoms with van der Waals surface area (Å²) in [5.74, 6) is -0.528. The molecule has 0 radical (unpaired) electrons. The zero-order chi connectivity index (χ0) is 18.7. The molecule has 0 spiro atoms. The highest BCUT2D eigenvalue weighted by Crippen LogP contribution is 2.21. The van der Waals surface area contributed by atoms with Gasteiger partial charge < -0.3 is 10.2 Å². The maximum Gasteiger partial charge on any atom is 0.274 e. The summed E-state index contributed by atoms with van der Waals surface area (Å²) in [6, 6.07) is 6.97. The third kappa shape index (κ3) is 4.19. The van der Waals surface area contributed by atoms with Crippen LogP contribution in [0.25, 0.3) is 0 Å². The fourth-order valence-corrected chi connectivity index (χ4v) is 3.03. The summed E-state index contributed by atoms with van der Waals surface area (Å²) in [7, 11) is 0. The number of piperidine rings is 1. The van der Waals surface area contributed by atoms with Crippen LogP contribution in [0.2, 0.25) is 5.02 Å². The van der Waals surface area contributed by atoms with E-state index in [9.17, 15) is 14.0 Å². The SMILES string of the molecule is CC1CCN(C(=O)c2ccnc(C(=O)Nc3ccc(F)c(Cl)c3)c2)CC1. The molecule has 1 aliphatic rings. The van der Waals surface area contributed by atoms with Gasteiger partial charge in [0.05, 0.1) is 5.02 Å². The van der Waals surface area contributed by atoms with Crippen molar-refractivity contribution in [3.05, 3.63) is 58.6 Å². The van der Waals surface area contributed by atoms with E-state index >= 15 is 0 Å². The maximum absolute atomic E-state index is 13.2. The van der Waals surface area contributed by atoms with Gasteiger partial charge in [-0.3, -0.25) is 14.6 Å². The Bertz CT molecular complexity index is 835. The van der Waals surface area contributed by atoms with E-state index in [0.29, 0.717) is 17.2 Å². The third-order valence-electron chi connectivity index (χ3n) is 4.49. The molecule has 2 heterocycles. The lowest BCUT2D eigenvalue weighted by molar-refractivity contribution is 0.0697. The first-order chi connectivity index (χ1) is 12.4. The second-order valence-electron chi connectivity index (χ2n) is 6.49. The van der Waals surface area contributed by atoms with Crippen LogP contribution in [-0.4, -0.2) is 34.8 Å². The van der Waals surface area contributed by atoms with E-state index in [0.717, 1.165) is 25.9 Å². The van der Waals surface area contributed by atoms with Gasteiger partial charge in [-0.1, -0.05) is 18.5 Å². The molecule has 1 aromatic carbocycles. The summed E-state index contributed by atoms with van der Waals surface area (Å²) >= 11 is 5.71. The number of aromatic nitrogens is 1. The van der Waals surface area contributed by atoms with Crippen LogP contribution in [0.3, 0.4) is 0 Å². The van der Waals surface area contributed by atoms with Crippen molar-refractivity contribution in [1.29, 1.82) is 0 Å². The molecule has 7 heteroatoms. The number of halogens is 2. The summed E-state index contributed by atoms with van der Waals surface area (Å²) in [5, 5.41) is 2.52. The van der Waals surface area contributed by atoms with Gasteiger partial charge in [0.25, 0.3) is 11.8 Å². The van der Waals surface area contributed by atoms with Gasteiger partial charge in [0.1, 0.15) is 11.5 Å². The molecule has 1 aliphatic heterocycles. The molecular formula is C19H19ClFN3O2. The van der Waals surface area contributed by atoms with Gasteiger partial charge in [-0.2, -0.15) is 0 Å². The third-order valence-corrected chi connectivity index (χ3v) is 4.78. The van der Waals surface area contributed by atoms with Crippen LogP contribution in [0.1, 0.15) is 40.6 Å². The van der Waals surface area contributed by atoms with Gasteiger partial charge in [0.2, 0.25) is 0 Å². The Morgan fingerprint density at radius 3 is 2.65 bits per heavy atom. The Labute approximate surface area is 156 Å². The first-order valence-electron chi connectivity index (χ1n) is 8.46. The molecule has 2 aromatic rings. The smallest absolute Gasteiger partial charge is 0.274 e. The molecule has 0 unspecified atom stereocenters. The lowest BCUT2D eigenvalue weighted by Crippen LogP contribution is -2.38. The van der Waals surface area contributed by atoms with E-state index in [4.69, 9.17) is 11.6 Å². The van der Waals surface area contributed by atoms with E-state index < -0.39 is 11.7 Å². The van der Waals surface area contributed by atoms with Gasteiger partial charge in [-0.05, 0) is 49.1 Å². The molecule has 0 bridgehead atoms. The number of amides is 2. The number of rotatable bonds is 3. The number of anilines is 1. The minimum Gasteiger partial charge on any atom is -0.339 e. The summed E-state index contributed by atoms with van der Waals surface area (Å²) in [6.45, 7) is 3.62. The number of nitrogens with one attached hydrogen (secondary N) is 1. The normalized spacial score (nSPS) is 15.0. The summed E-state index contributed by atoms with van der Waals surface area (Å²) in [5.41, 5.74) is 0.892. The maximum atomic E-state index is 13.2. The van der Waals surface area contributed by atoms with Crippen molar-refractivity contribution in [3.8, 4) is 0 Å². The summed E-state index contributed by atoms with van der Waals surface area (Å²) in [6.07, 6.45) is 3.40. The fraction of sp³-hybridized carbons (Fsp3) is 0.316. The molecule has 1 aromatic heterocycles. The molecule has 0 saturated carbocycles. The van der Waals surface area contributed by atoms with Crippen molar-refractivity contribution >= 4 is 29.1 Å². The quantitative estimate of drug-likeness (QED) is 0.882. The van der Waals surface area contributed by atoms with Gasteiger partial charge in [-0.25, -0.2) is 4.39 Å². The molecule has 0 aliphatic carbocycles. The van der Waals surface area contributed by atoms with Crippen LogP contribution in [0.15, 0.2) is 36.5 Å². The van der Waals surface area contributed by atoms with Crippen molar-refractivity contribution in [2.24, 2.45) is 5.92 Å². The number of benzene rings is 1. The van der Waals surface area contributed by atoms with Crippen molar-refractivity contribution < 1.29 is 14.0 Å². The zero-order valence-corrected chi connectivity index (χ0v) is 15.1. The standard InChI is InChI=1S/C19H19ClFN3O2/c1-12-5-8-24(9-6-12)19(26)13-4-7-22-17(10-13)18(25)23-14-2-3-16(21)15(20)11-14/h2-4,7,10-12H,5-6,8-9H2,1H3,(H,23,25). The molecular weight excluding hydrogens is 357 g/mol. The number of hydrogen-bond donors (Lipinski definition) is 1. The molecule has 2 amide bonds. The lowest BCUT2D eigenvalue weighted by atomic mass is 9.98. The predicted molar refractivity (Wildman–Crippen MR) is 97.9 cm³/mol. The number of likely N-dealkylation sites (tertiary alicyclic amines) is 1. The first kappa shape index (κ1) is 18.3. The van der Waals surface area contributed by atoms with Crippen LogP contribution in [0.4, 0.5) is 10.1 Å². The minimum atomic E-state index is -0.564. The largest absolute Gasteiger partial charge is 0.339 e. The molecule has 1 fully saturated rings. The van der Waals surface area contributed by atoms with Gasteiger partial charge in [0, 0.05) is 30.5 Å². The van der Waals surface area contributed by atoms with E-state index in [2.05, 4.69) is 17.2 Å². The van der Waals surface area contributed by atoms with Gasteiger partial charge in [-0.15, -0.1) is 0 Å². The molecule has 1 saturated heterocycles. The first-order valence-corrected chi connectivity index (χ1v) is 8.83. The highest BCUT2D eigenvalue weighted by molar-refractivity contribution is 6.31. The highest BCUT2D eigenvalue weighted by Gasteiger charge is 2.22. The zero-order valence-electron chi connectivity index (χ0n) is 14.3. The van der Waals surface area contributed by atoms with Gasteiger partial charge in [0.15, 0.2) is 0 Å². The lowest BCUT2D eigenvalue weighted by Gasteiger charge is -2.30. The monoisotopic (exact) mass is 375 g/mol. The highest BCUT2D eigenvalue weighted by atomic mass is 35.5. The number of pyridine rings is 1. The Hall–Kier alpha value is -2.47. The van der Waals surface area contributed by atoms with Crippen LogP contribution >= 0.6 is 11.6 Å². The topological polar surface area (TPSA) is 62.3 Å². The second-order valence-corrected chi connectivity index (χ2v) is 6.89. The van der Waals surface area contributed by atoms with Crippen molar-refractivity contribution in [1.82, 2.24) is 9.88 Å². The van der Waals surface area contributed by atoms with Gasteiger partial charge >= 0.3 is 0 Å². The van der Waals surface area contributed by atoms with Crippen LogP contribution in [0, 0.1) is 11.7 Å². The number of carbonyl (C=O) groups is 2. The second kappa shape index (κ2) is 7.83. The summed E-state index contributed by atoms with van der Waals surface area (Å²) in [4.78, 5) is 30.8. The molecule has 5 nitrogen and oxygen atoms in total. The van der Waals surface area contributed by atoms with Crippen LogP contribution in [-0.2, 0) is 0 Å². The Morgan fingerprint density at radius 2 is 1.96 bits per heavy atom. The Kier molecular flexibility index (Phi) is 5.52. The molecule has 3 rings (SSSR count). The van der Waals surface area contributed by atoms with E-state index in [1.807, 2.05) is 0 Å². The molecule has 26 heavy (non-hydrogen) atoms. The predicted octanol–water partition coefficient (Wildman–Crippen LogP) is 4.00. The number of nitrogens with zero attached hydrogens (tertiary/aromatic N) is 2. The molecule has 1 N–H and O–H groups in total. The van der Waals surface area contributed by atoms with Crippen LogP contribution < -0.4 is 5.32 Å². The van der Waals surface area contributed by atoms with E-state index in [-0.39, 0.29) is 16.6 Å². The minimum absolute atomic E-state index is 0.0842. The number of carbonyl (C=O) groups excluding carboxylic acids is 2. The van der Waals surface area contributed by atoms with E-state index in [1.165, 1.54) is 30.5 Å². The summed E-state index contributed by atoms with van der Waals surface area (Å²) < 4.78 is 13.2. The van der Waals surface area contributed by atoms with Crippen molar-refractivity contribution in [2.45, 2.75) is 19.8 Å². The fourth-order valence-electron chi connectivity index (χ4n) is 2.85. The molecule has 136 valence electrons. The Balaban J connectivity index is 1.72. The average molecular weight is 376 g/mol. The Morgan fingerprint density at radius 1 is 1.23 bits per heavy atom. The average Bonchev–Trinajstić information content (AvgIpc) is 2.65. The van der Waals surface area contributed by atoms with Crippen molar-refractivity contribution in [3.63, 3.8) is 0 Å².